The van der Waals surface area contributed by atoms with Gasteiger partial charge in [0, 0.05) is 16.9 Å². The molecule has 0 fully saturated rings. The molecule has 7 nitrogen and oxygen atoms in total. The second kappa shape index (κ2) is 8.16. The number of carbonyl (C=O) groups is 1. The molecule has 4 aromatic rings. The summed E-state index contributed by atoms with van der Waals surface area (Å²) in [5, 5.41) is 11.7. The third-order valence-corrected chi connectivity index (χ3v) is 4.88. The van der Waals surface area contributed by atoms with E-state index in [2.05, 4.69) is 15.5 Å². The van der Waals surface area contributed by atoms with Gasteiger partial charge >= 0.3 is 0 Å². The van der Waals surface area contributed by atoms with Crippen LogP contribution in [0.15, 0.2) is 53.2 Å². The summed E-state index contributed by atoms with van der Waals surface area (Å²) in [7, 11) is 0. The highest BCUT2D eigenvalue weighted by atomic mass is 35.5. The highest BCUT2D eigenvalue weighted by Gasteiger charge is 2.14. The van der Waals surface area contributed by atoms with E-state index in [-0.39, 0.29) is 11.7 Å². The van der Waals surface area contributed by atoms with Crippen molar-refractivity contribution in [2.75, 3.05) is 5.32 Å². The molecule has 0 atom stereocenters. The predicted octanol–water partition coefficient (Wildman–Crippen LogP) is 4.43. The fraction of sp³-hybridized carbons (Fsp3) is 0.190. The van der Waals surface area contributed by atoms with Crippen molar-refractivity contribution in [3.63, 3.8) is 0 Å². The Morgan fingerprint density at radius 1 is 1.20 bits per heavy atom. The molecule has 4 rings (SSSR count). The van der Waals surface area contributed by atoms with Crippen LogP contribution in [0.25, 0.3) is 0 Å². The number of nitrogens with zero attached hydrogens (tertiary/aromatic N) is 4. The van der Waals surface area contributed by atoms with Crippen LogP contribution >= 0.6 is 11.6 Å². The van der Waals surface area contributed by atoms with Gasteiger partial charge in [0.05, 0.1) is 30.7 Å². The lowest BCUT2D eigenvalue weighted by Gasteiger charge is -2.04. The van der Waals surface area contributed by atoms with Gasteiger partial charge in [-0.3, -0.25) is 14.2 Å². The van der Waals surface area contributed by atoms with E-state index in [1.807, 2.05) is 24.6 Å². The van der Waals surface area contributed by atoms with Gasteiger partial charge in [-0.1, -0.05) is 17.7 Å². The molecule has 0 aliphatic heterocycles. The molecule has 0 bridgehead atoms. The molecule has 0 aliphatic carbocycles. The molecule has 3 heterocycles. The van der Waals surface area contributed by atoms with Gasteiger partial charge in [-0.2, -0.15) is 10.2 Å². The summed E-state index contributed by atoms with van der Waals surface area (Å²) in [4.78, 5) is 12.5. The van der Waals surface area contributed by atoms with Gasteiger partial charge < -0.3 is 9.73 Å². The number of benzene rings is 1. The van der Waals surface area contributed by atoms with Gasteiger partial charge in [-0.15, -0.1) is 0 Å². The fourth-order valence-corrected chi connectivity index (χ4v) is 3.33. The van der Waals surface area contributed by atoms with Crippen molar-refractivity contribution in [1.82, 2.24) is 19.6 Å². The highest BCUT2D eigenvalue weighted by Crippen LogP contribution is 2.19. The van der Waals surface area contributed by atoms with Gasteiger partial charge in [-0.25, -0.2) is 4.39 Å². The molecular formula is C21H19ClFN5O2. The zero-order valence-electron chi connectivity index (χ0n) is 16.4. The summed E-state index contributed by atoms with van der Waals surface area (Å²) in [6.45, 7) is 4.69. The zero-order valence-corrected chi connectivity index (χ0v) is 17.2. The lowest BCUT2D eigenvalue weighted by atomic mass is 10.2. The maximum Gasteiger partial charge on any atom is 0.291 e. The summed E-state index contributed by atoms with van der Waals surface area (Å²) < 4.78 is 22.3. The first-order chi connectivity index (χ1) is 14.4. The van der Waals surface area contributed by atoms with Crippen molar-refractivity contribution in [3.05, 3.63) is 88.1 Å². The maximum absolute atomic E-state index is 13.2. The Labute approximate surface area is 177 Å². The summed E-state index contributed by atoms with van der Waals surface area (Å²) in [6.07, 6.45) is 3.19. The lowest BCUT2D eigenvalue weighted by Crippen LogP contribution is -2.10. The number of amides is 1. The number of anilines is 1. The Hall–Kier alpha value is -3.39. The monoisotopic (exact) mass is 427 g/mol. The van der Waals surface area contributed by atoms with Crippen molar-refractivity contribution >= 4 is 23.2 Å². The van der Waals surface area contributed by atoms with Gasteiger partial charge in [0.25, 0.3) is 5.91 Å². The number of hydrogen-bond acceptors (Lipinski definition) is 4. The molecule has 30 heavy (non-hydrogen) atoms. The van der Waals surface area contributed by atoms with Gasteiger partial charge in [0.2, 0.25) is 0 Å². The Kier molecular flexibility index (Phi) is 5.41. The van der Waals surface area contributed by atoms with E-state index in [9.17, 15) is 9.18 Å². The van der Waals surface area contributed by atoms with Crippen LogP contribution in [0.3, 0.4) is 0 Å². The van der Waals surface area contributed by atoms with Gasteiger partial charge in [0.1, 0.15) is 11.6 Å². The van der Waals surface area contributed by atoms with E-state index in [0.717, 1.165) is 17.0 Å². The Bertz CT molecular complexity index is 1210. The molecule has 0 spiro atoms. The van der Waals surface area contributed by atoms with Crippen LogP contribution in [0.1, 0.15) is 33.3 Å². The van der Waals surface area contributed by atoms with Crippen LogP contribution in [-0.4, -0.2) is 25.5 Å². The third-order valence-electron chi connectivity index (χ3n) is 4.53. The predicted molar refractivity (Wildman–Crippen MR) is 110 cm³/mol. The molecule has 1 N–H and O–H groups in total. The largest absolute Gasteiger partial charge is 0.454 e. The standard InChI is InChI=1S/C21H19ClFN5O2/c1-13-7-14(2)28(26-13)12-18-5-6-20(30-18)21(29)25-17-9-24-27(11-17)10-15-3-4-16(23)8-19(15)22/h3-9,11H,10,12H2,1-2H3,(H,25,29). The summed E-state index contributed by atoms with van der Waals surface area (Å²) in [6, 6.07) is 9.56. The molecule has 0 saturated carbocycles. The van der Waals surface area contributed by atoms with E-state index in [0.29, 0.717) is 29.6 Å². The first-order valence-electron chi connectivity index (χ1n) is 9.25. The molecule has 0 radical (unpaired) electrons. The second-order valence-corrected chi connectivity index (χ2v) is 7.37. The molecule has 9 heteroatoms. The molecule has 0 saturated heterocycles. The van der Waals surface area contributed by atoms with Gasteiger partial charge in [-0.05, 0) is 49.7 Å². The molecular weight excluding hydrogens is 409 g/mol. The first-order valence-corrected chi connectivity index (χ1v) is 9.62. The van der Waals surface area contributed by atoms with Crippen LogP contribution < -0.4 is 5.32 Å². The summed E-state index contributed by atoms with van der Waals surface area (Å²) in [5.41, 5.74) is 3.17. The second-order valence-electron chi connectivity index (χ2n) is 6.97. The third kappa shape index (κ3) is 4.44. The topological polar surface area (TPSA) is 77.9 Å². The van der Waals surface area contributed by atoms with Crippen molar-refractivity contribution in [3.8, 4) is 0 Å². The highest BCUT2D eigenvalue weighted by molar-refractivity contribution is 6.31. The zero-order chi connectivity index (χ0) is 21.3. The molecule has 1 amide bonds. The van der Waals surface area contributed by atoms with Crippen molar-refractivity contribution < 1.29 is 13.6 Å². The van der Waals surface area contributed by atoms with E-state index in [1.54, 1.807) is 29.1 Å². The van der Waals surface area contributed by atoms with Crippen LogP contribution in [0.4, 0.5) is 10.1 Å². The molecule has 0 unspecified atom stereocenters. The van der Waals surface area contributed by atoms with E-state index in [1.165, 1.54) is 18.3 Å². The number of halogens is 2. The summed E-state index contributed by atoms with van der Waals surface area (Å²) in [5.74, 6) is 0.0516. The molecule has 0 aliphatic rings. The van der Waals surface area contributed by atoms with Crippen LogP contribution in [-0.2, 0) is 13.1 Å². The van der Waals surface area contributed by atoms with Crippen molar-refractivity contribution in [2.24, 2.45) is 0 Å². The SMILES string of the molecule is Cc1cc(C)n(Cc2ccc(C(=O)Nc3cnn(Cc4ccc(F)cc4Cl)c3)o2)n1. The number of carbonyl (C=O) groups excluding carboxylic acids is 1. The number of rotatable bonds is 6. The van der Waals surface area contributed by atoms with Gasteiger partial charge in [0.15, 0.2) is 5.76 Å². The first kappa shape index (κ1) is 19.9. The van der Waals surface area contributed by atoms with E-state index in [4.69, 9.17) is 16.0 Å². The Morgan fingerprint density at radius 2 is 2.03 bits per heavy atom. The number of aryl methyl sites for hydroxylation is 2. The maximum atomic E-state index is 13.2. The van der Waals surface area contributed by atoms with E-state index < -0.39 is 5.82 Å². The minimum Gasteiger partial charge on any atom is -0.454 e. The average molecular weight is 428 g/mol. The average Bonchev–Trinajstić information content (AvgIpc) is 3.39. The van der Waals surface area contributed by atoms with Crippen molar-refractivity contribution in [1.29, 1.82) is 0 Å². The number of furan rings is 1. The van der Waals surface area contributed by atoms with Crippen LogP contribution in [0, 0.1) is 19.7 Å². The summed E-state index contributed by atoms with van der Waals surface area (Å²) >= 11 is 6.05. The lowest BCUT2D eigenvalue weighted by molar-refractivity contribution is 0.0994. The van der Waals surface area contributed by atoms with Crippen molar-refractivity contribution in [2.45, 2.75) is 26.9 Å². The smallest absolute Gasteiger partial charge is 0.291 e. The number of aromatic nitrogens is 4. The Balaban J connectivity index is 1.40. The van der Waals surface area contributed by atoms with E-state index >= 15 is 0 Å². The molecule has 3 aromatic heterocycles. The van der Waals surface area contributed by atoms with Crippen LogP contribution in [0.2, 0.25) is 5.02 Å². The number of hydrogen-bond donors (Lipinski definition) is 1. The number of nitrogens with one attached hydrogen (secondary N) is 1. The minimum atomic E-state index is -0.396. The minimum absolute atomic E-state index is 0.195. The van der Waals surface area contributed by atoms with Crippen LogP contribution in [0.5, 0.6) is 0 Å². The quantitative estimate of drug-likeness (QED) is 0.493. The Morgan fingerprint density at radius 3 is 2.77 bits per heavy atom. The fourth-order valence-electron chi connectivity index (χ4n) is 3.10. The molecule has 1 aromatic carbocycles. The normalized spacial score (nSPS) is 11.1. The molecule has 154 valence electrons.